The number of imidazole rings is 1. The van der Waals surface area contributed by atoms with E-state index in [1.165, 1.54) is 0 Å². The van der Waals surface area contributed by atoms with Gasteiger partial charge in [0.2, 0.25) is 5.95 Å². The molecule has 0 saturated carbocycles. The number of anilines is 1. The topological polar surface area (TPSA) is 72.7 Å². The molecular formula is C18H13Cl2N5OS. The number of rotatable bonds is 5. The number of fused-ring (bicyclic) bond motifs is 1. The molecule has 0 atom stereocenters. The molecule has 136 valence electrons. The van der Waals surface area contributed by atoms with Gasteiger partial charge in [-0.25, -0.2) is 9.97 Å². The molecule has 1 aromatic carbocycles. The van der Waals surface area contributed by atoms with Crippen LogP contribution in [0.15, 0.2) is 48.7 Å². The molecule has 0 fully saturated rings. The highest BCUT2D eigenvalue weighted by atomic mass is 35.5. The predicted octanol–water partition coefficient (Wildman–Crippen LogP) is 4.69. The summed E-state index contributed by atoms with van der Waals surface area (Å²) in [6.07, 6.45) is 2.46. The minimum absolute atomic E-state index is 0.0926. The van der Waals surface area contributed by atoms with Gasteiger partial charge in [-0.2, -0.15) is 0 Å². The molecule has 0 unspecified atom stereocenters. The number of carbonyl (C=O) groups is 1. The van der Waals surface area contributed by atoms with Crippen LogP contribution in [0.4, 0.5) is 5.95 Å². The van der Waals surface area contributed by atoms with Crippen molar-refractivity contribution in [3.8, 4) is 0 Å². The van der Waals surface area contributed by atoms with Gasteiger partial charge in [0, 0.05) is 24.9 Å². The normalized spacial score (nSPS) is 11.0. The number of aromatic nitrogens is 4. The van der Waals surface area contributed by atoms with Crippen LogP contribution in [0.2, 0.25) is 8.80 Å². The summed E-state index contributed by atoms with van der Waals surface area (Å²) in [5.74, 6) is -0.0186. The van der Waals surface area contributed by atoms with Crippen LogP contribution in [0, 0.1) is 0 Å². The number of benzene rings is 1. The zero-order valence-electron chi connectivity index (χ0n) is 13.9. The molecule has 3 heterocycles. The van der Waals surface area contributed by atoms with Crippen LogP contribution < -0.4 is 5.32 Å². The van der Waals surface area contributed by atoms with Crippen LogP contribution in [-0.2, 0) is 13.0 Å². The molecule has 0 radical (unpaired) electrons. The average molecular weight is 418 g/mol. The highest BCUT2D eigenvalue weighted by Gasteiger charge is 2.19. The molecule has 0 spiro atoms. The van der Waals surface area contributed by atoms with Crippen LogP contribution in [0.5, 0.6) is 0 Å². The van der Waals surface area contributed by atoms with Gasteiger partial charge in [-0.1, -0.05) is 52.7 Å². The Kier molecular flexibility index (Phi) is 5.07. The average Bonchev–Trinajstić information content (AvgIpc) is 3.19. The second-order valence-corrected chi connectivity index (χ2v) is 7.87. The fourth-order valence-corrected chi connectivity index (χ4v) is 4.05. The van der Waals surface area contributed by atoms with E-state index in [9.17, 15) is 4.79 Å². The fraction of sp³-hybridized carbons (Fsp3) is 0.111. The number of nitrogens with zero attached hydrogens (tertiary/aromatic N) is 4. The predicted molar refractivity (Wildman–Crippen MR) is 108 cm³/mol. The summed E-state index contributed by atoms with van der Waals surface area (Å²) < 4.78 is 2.41. The van der Waals surface area contributed by atoms with Crippen LogP contribution in [0.25, 0.3) is 11.0 Å². The van der Waals surface area contributed by atoms with E-state index in [1.807, 2.05) is 47.0 Å². The van der Waals surface area contributed by atoms with Crippen molar-refractivity contribution in [3.05, 3.63) is 68.9 Å². The van der Waals surface area contributed by atoms with Crippen molar-refractivity contribution in [2.24, 2.45) is 0 Å². The second-order valence-electron chi connectivity index (χ2n) is 5.69. The first kappa shape index (κ1) is 17.9. The van der Waals surface area contributed by atoms with Gasteiger partial charge in [0.05, 0.1) is 11.0 Å². The number of pyridine rings is 1. The first-order chi connectivity index (χ1) is 13.1. The first-order valence-electron chi connectivity index (χ1n) is 8.10. The maximum atomic E-state index is 12.6. The second kappa shape index (κ2) is 7.64. The Hall–Kier alpha value is -2.48. The molecule has 0 aliphatic rings. The van der Waals surface area contributed by atoms with E-state index in [-0.39, 0.29) is 14.5 Å². The number of halogens is 2. The Morgan fingerprint density at radius 3 is 2.67 bits per heavy atom. The van der Waals surface area contributed by atoms with Crippen molar-refractivity contribution in [2.45, 2.75) is 13.0 Å². The van der Waals surface area contributed by atoms with Crippen molar-refractivity contribution >= 4 is 57.4 Å². The van der Waals surface area contributed by atoms with Gasteiger partial charge < -0.3 is 4.57 Å². The molecule has 4 rings (SSSR count). The minimum atomic E-state index is -0.447. The van der Waals surface area contributed by atoms with Gasteiger partial charge >= 0.3 is 0 Å². The lowest BCUT2D eigenvalue weighted by atomic mass is 10.2. The molecule has 0 bridgehead atoms. The summed E-state index contributed by atoms with van der Waals surface area (Å²) in [5, 5.41) is 2.80. The van der Waals surface area contributed by atoms with Gasteiger partial charge in [0.15, 0.2) is 10.2 Å². The zero-order valence-corrected chi connectivity index (χ0v) is 16.2. The largest absolute Gasteiger partial charge is 0.310 e. The number of para-hydroxylation sites is 2. The van der Waals surface area contributed by atoms with Gasteiger partial charge in [-0.05, 0) is 24.3 Å². The minimum Gasteiger partial charge on any atom is -0.310 e. The third-order valence-electron chi connectivity index (χ3n) is 3.97. The molecule has 3 aromatic heterocycles. The highest BCUT2D eigenvalue weighted by molar-refractivity contribution is 7.19. The van der Waals surface area contributed by atoms with E-state index in [0.29, 0.717) is 18.9 Å². The van der Waals surface area contributed by atoms with Crippen molar-refractivity contribution < 1.29 is 4.79 Å². The van der Waals surface area contributed by atoms with Crippen molar-refractivity contribution in [3.63, 3.8) is 0 Å². The number of thiazole rings is 1. The van der Waals surface area contributed by atoms with Crippen LogP contribution in [0.3, 0.4) is 0 Å². The number of hydrogen-bond acceptors (Lipinski definition) is 5. The van der Waals surface area contributed by atoms with E-state index in [2.05, 4.69) is 20.3 Å². The number of nitrogens with one attached hydrogen (secondary N) is 1. The standard InChI is InChI=1S/C18H13Cl2N5OS/c19-15-14(23-17(20)27-15)16(26)24-18-22-12-6-1-2-7-13(12)25(18)10-8-11-5-3-4-9-21-11/h1-7,9H,8,10H2,(H,22,24,26). The molecule has 4 aromatic rings. The first-order valence-corrected chi connectivity index (χ1v) is 9.67. The number of carbonyl (C=O) groups excluding carboxylic acids is 1. The van der Waals surface area contributed by atoms with Crippen molar-refractivity contribution in [1.29, 1.82) is 0 Å². The SMILES string of the molecule is O=C(Nc1nc2ccccc2n1CCc1ccccn1)c1nc(Cl)sc1Cl. The Labute approximate surface area is 168 Å². The Morgan fingerprint density at radius 2 is 1.93 bits per heavy atom. The van der Waals surface area contributed by atoms with Crippen LogP contribution >= 0.6 is 34.5 Å². The maximum absolute atomic E-state index is 12.6. The van der Waals surface area contributed by atoms with Crippen LogP contribution in [-0.4, -0.2) is 25.4 Å². The zero-order chi connectivity index (χ0) is 18.8. The summed E-state index contributed by atoms with van der Waals surface area (Å²) in [5.41, 5.74) is 2.76. The fourth-order valence-electron chi connectivity index (χ4n) is 2.75. The summed E-state index contributed by atoms with van der Waals surface area (Å²) in [4.78, 5) is 25.4. The highest BCUT2D eigenvalue weighted by Crippen LogP contribution is 2.28. The van der Waals surface area contributed by atoms with E-state index in [0.717, 1.165) is 28.1 Å². The Morgan fingerprint density at radius 1 is 1.11 bits per heavy atom. The van der Waals surface area contributed by atoms with E-state index in [4.69, 9.17) is 23.2 Å². The number of amides is 1. The lowest BCUT2D eigenvalue weighted by Gasteiger charge is -2.09. The molecule has 0 saturated heterocycles. The van der Waals surface area contributed by atoms with E-state index >= 15 is 0 Å². The van der Waals surface area contributed by atoms with Gasteiger partial charge in [0.25, 0.3) is 5.91 Å². The third kappa shape index (κ3) is 3.80. The van der Waals surface area contributed by atoms with E-state index < -0.39 is 5.91 Å². The monoisotopic (exact) mass is 417 g/mol. The van der Waals surface area contributed by atoms with Crippen molar-refractivity contribution in [2.75, 3.05) is 5.32 Å². The maximum Gasteiger partial charge on any atom is 0.279 e. The lowest BCUT2D eigenvalue weighted by Crippen LogP contribution is -2.17. The smallest absolute Gasteiger partial charge is 0.279 e. The number of hydrogen-bond donors (Lipinski definition) is 1. The van der Waals surface area contributed by atoms with Gasteiger partial charge in [0.1, 0.15) is 4.34 Å². The molecule has 9 heteroatoms. The quantitative estimate of drug-likeness (QED) is 0.511. The molecule has 0 aliphatic heterocycles. The van der Waals surface area contributed by atoms with Crippen LogP contribution in [0.1, 0.15) is 16.2 Å². The van der Waals surface area contributed by atoms with Gasteiger partial charge in [-0.3, -0.25) is 15.1 Å². The Bertz CT molecular complexity index is 1110. The summed E-state index contributed by atoms with van der Waals surface area (Å²) >= 11 is 12.9. The molecular weight excluding hydrogens is 405 g/mol. The molecule has 1 N–H and O–H groups in total. The third-order valence-corrected chi connectivity index (χ3v) is 5.33. The van der Waals surface area contributed by atoms with Gasteiger partial charge in [-0.15, -0.1) is 0 Å². The molecule has 1 amide bonds. The molecule has 6 nitrogen and oxygen atoms in total. The summed E-state index contributed by atoms with van der Waals surface area (Å²) in [7, 11) is 0. The summed E-state index contributed by atoms with van der Waals surface area (Å²) in [6, 6.07) is 13.5. The van der Waals surface area contributed by atoms with Crippen molar-refractivity contribution in [1.82, 2.24) is 19.5 Å². The summed E-state index contributed by atoms with van der Waals surface area (Å²) in [6.45, 7) is 0.610. The molecule has 27 heavy (non-hydrogen) atoms. The lowest BCUT2D eigenvalue weighted by molar-refractivity contribution is 0.102. The number of aryl methyl sites for hydroxylation is 2. The Balaban J connectivity index is 1.65. The molecule has 0 aliphatic carbocycles. The van der Waals surface area contributed by atoms with E-state index in [1.54, 1.807) is 6.20 Å².